The van der Waals surface area contributed by atoms with Crippen LogP contribution in [0.15, 0.2) is 24.3 Å². The van der Waals surface area contributed by atoms with Gasteiger partial charge < -0.3 is 14.8 Å². The van der Waals surface area contributed by atoms with E-state index in [4.69, 9.17) is 9.47 Å². The number of aryl methyl sites for hydroxylation is 3. The highest BCUT2D eigenvalue weighted by molar-refractivity contribution is 5.96. The van der Waals surface area contributed by atoms with Crippen LogP contribution in [0.25, 0.3) is 0 Å². The average Bonchev–Trinajstić information content (AvgIpc) is 2.82. The van der Waals surface area contributed by atoms with Gasteiger partial charge >= 0.3 is 5.97 Å². The number of carbonyl (C=O) groups excluding carboxylic acids is 2. The van der Waals surface area contributed by atoms with Gasteiger partial charge in [-0.3, -0.25) is 14.3 Å². The molecule has 7 heteroatoms. The third kappa shape index (κ3) is 5.08. The highest BCUT2D eigenvalue weighted by Crippen LogP contribution is 2.18. The maximum atomic E-state index is 12.2. The Balaban J connectivity index is 1.78. The van der Waals surface area contributed by atoms with Gasteiger partial charge in [0.1, 0.15) is 5.75 Å². The minimum absolute atomic E-state index is 0.0659. The van der Waals surface area contributed by atoms with Gasteiger partial charge in [0, 0.05) is 7.05 Å². The first kappa shape index (κ1) is 19.5. The van der Waals surface area contributed by atoms with E-state index in [2.05, 4.69) is 10.4 Å². The van der Waals surface area contributed by atoms with Crippen LogP contribution in [0.5, 0.6) is 5.75 Å². The average molecular weight is 359 g/mol. The number of hydrogen-bond donors (Lipinski definition) is 1. The molecular weight excluding hydrogens is 334 g/mol. The van der Waals surface area contributed by atoms with E-state index in [1.165, 1.54) is 6.92 Å². The first-order valence-corrected chi connectivity index (χ1v) is 8.48. The zero-order chi connectivity index (χ0) is 19.3. The van der Waals surface area contributed by atoms with Crippen LogP contribution in [-0.4, -0.2) is 34.4 Å². The van der Waals surface area contributed by atoms with Gasteiger partial charge in [0.15, 0.2) is 6.10 Å². The zero-order valence-electron chi connectivity index (χ0n) is 15.8. The summed E-state index contributed by atoms with van der Waals surface area (Å²) in [6.45, 7) is 7.38. The number of hydrogen-bond acceptors (Lipinski definition) is 5. The molecule has 0 aliphatic rings. The fraction of sp³-hybridized carbons (Fsp3) is 0.421. The predicted molar refractivity (Wildman–Crippen MR) is 98.2 cm³/mol. The van der Waals surface area contributed by atoms with E-state index in [0.717, 1.165) is 11.3 Å². The summed E-state index contributed by atoms with van der Waals surface area (Å²) in [6.07, 6.45) is -0.836. The Morgan fingerprint density at radius 1 is 1.19 bits per heavy atom. The van der Waals surface area contributed by atoms with E-state index in [0.29, 0.717) is 17.1 Å². The molecule has 1 aromatic carbocycles. The van der Waals surface area contributed by atoms with Gasteiger partial charge in [0.25, 0.3) is 5.91 Å². The van der Waals surface area contributed by atoms with Gasteiger partial charge in [0.05, 0.1) is 30.1 Å². The fourth-order valence-corrected chi connectivity index (χ4v) is 2.38. The van der Waals surface area contributed by atoms with Crippen LogP contribution in [0.3, 0.4) is 0 Å². The van der Waals surface area contributed by atoms with Crippen LogP contribution in [0.1, 0.15) is 30.3 Å². The summed E-state index contributed by atoms with van der Waals surface area (Å²) in [7, 11) is 1.80. The molecule has 1 atom stereocenters. The first-order chi connectivity index (χ1) is 12.3. The van der Waals surface area contributed by atoms with Gasteiger partial charge in [-0.2, -0.15) is 5.10 Å². The van der Waals surface area contributed by atoms with Crippen molar-refractivity contribution in [2.75, 3.05) is 11.9 Å². The Kier molecular flexibility index (Phi) is 6.38. The summed E-state index contributed by atoms with van der Waals surface area (Å²) in [4.78, 5) is 24.1. The molecule has 0 bridgehead atoms. The van der Waals surface area contributed by atoms with E-state index >= 15 is 0 Å². The third-order valence-electron chi connectivity index (χ3n) is 4.03. The lowest BCUT2D eigenvalue weighted by atomic mass is 10.2. The molecule has 0 saturated heterocycles. The highest BCUT2D eigenvalue weighted by atomic mass is 16.5. The van der Waals surface area contributed by atoms with Crippen molar-refractivity contribution in [3.8, 4) is 5.75 Å². The van der Waals surface area contributed by atoms with Crippen molar-refractivity contribution in [3.05, 3.63) is 41.2 Å². The Morgan fingerprint density at radius 3 is 2.42 bits per heavy atom. The number of rotatable bonds is 7. The molecule has 1 aromatic heterocycles. The molecule has 0 spiro atoms. The Labute approximate surface area is 153 Å². The molecule has 0 aliphatic carbocycles. The van der Waals surface area contributed by atoms with Crippen molar-refractivity contribution in [3.63, 3.8) is 0 Å². The summed E-state index contributed by atoms with van der Waals surface area (Å²) in [5.74, 6) is -0.187. The lowest BCUT2D eigenvalue weighted by Gasteiger charge is -2.14. The standard InChI is InChI=1S/C19H25N3O4/c1-12-6-8-16(9-7-12)25-11-10-17(23)26-15(4)19(24)20-18-13(2)21-22(5)14(18)3/h6-9,15H,10-11H2,1-5H3,(H,20,24)/t15-/m0/s1. The van der Waals surface area contributed by atoms with Crippen molar-refractivity contribution in [2.45, 2.75) is 40.2 Å². The second-order valence-corrected chi connectivity index (χ2v) is 6.20. The molecule has 2 rings (SSSR count). The lowest BCUT2D eigenvalue weighted by molar-refractivity contribution is -0.153. The topological polar surface area (TPSA) is 82.4 Å². The third-order valence-corrected chi connectivity index (χ3v) is 4.03. The van der Waals surface area contributed by atoms with E-state index < -0.39 is 18.0 Å². The monoisotopic (exact) mass is 359 g/mol. The van der Waals surface area contributed by atoms with Crippen molar-refractivity contribution in [1.82, 2.24) is 9.78 Å². The number of nitrogens with zero attached hydrogens (tertiary/aromatic N) is 2. The molecule has 0 unspecified atom stereocenters. The highest BCUT2D eigenvalue weighted by Gasteiger charge is 2.20. The van der Waals surface area contributed by atoms with Gasteiger partial charge in [0.2, 0.25) is 0 Å². The normalized spacial score (nSPS) is 11.7. The molecule has 0 aliphatic heterocycles. The van der Waals surface area contributed by atoms with Crippen LogP contribution in [0, 0.1) is 20.8 Å². The van der Waals surface area contributed by atoms with Crippen molar-refractivity contribution in [2.24, 2.45) is 7.05 Å². The lowest BCUT2D eigenvalue weighted by Crippen LogP contribution is -2.30. The van der Waals surface area contributed by atoms with Gasteiger partial charge in [-0.25, -0.2) is 0 Å². The SMILES string of the molecule is Cc1ccc(OCCC(=O)O[C@@H](C)C(=O)Nc2c(C)nn(C)c2C)cc1. The smallest absolute Gasteiger partial charge is 0.310 e. The summed E-state index contributed by atoms with van der Waals surface area (Å²) in [5, 5.41) is 7.00. The molecule has 140 valence electrons. The number of esters is 1. The molecular formula is C19H25N3O4. The second kappa shape index (κ2) is 8.51. The number of amides is 1. The number of benzene rings is 1. The van der Waals surface area contributed by atoms with Crippen LogP contribution in [0.2, 0.25) is 0 Å². The van der Waals surface area contributed by atoms with E-state index in [-0.39, 0.29) is 13.0 Å². The van der Waals surface area contributed by atoms with Crippen LogP contribution in [0.4, 0.5) is 5.69 Å². The second-order valence-electron chi connectivity index (χ2n) is 6.20. The van der Waals surface area contributed by atoms with E-state index in [1.54, 1.807) is 11.7 Å². The van der Waals surface area contributed by atoms with Crippen molar-refractivity contribution < 1.29 is 19.1 Å². The molecule has 7 nitrogen and oxygen atoms in total. The molecule has 1 heterocycles. The minimum Gasteiger partial charge on any atom is -0.493 e. The summed E-state index contributed by atoms with van der Waals surface area (Å²) >= 11 is 0. The molecule has 0 saturated carbocycles. The summed E-state index contributed by atoms with van der Waals surface area (Å²) < 4.78 is 12.3. The predicted octanol–water partition coefficient (Wildman–Crippen LogP) is 2.68. The van der Waals surface area contributed by atoms with Gasteiger partial charge in [-0.15, -0.1) is 0 Å². The maximum absolute atomic E-state index is 12.2. The Bertz CT molecular complexity index is 781. The Hall–Kier alpha value is -2.83. The van der Waals surface area contributed by atoms with Gasteiger partial charge in [-0.1, -0.05) is 17.7 Å². The van der Waals surface area contributed by atoms with Crippen molar-refractivity contribution in [1.29, 1.82) is 0 Å². The molecule has 1 N–H and O–H groups in total. The van der Waals surface area contributed by atoms with Crippen LogP contribution < -0.4 is 10.1 Å². The first-order valence-electron chi connectivity index (χ1n) is 8.48. The van der Waals surface area contributed by atoms with Crippen LogP contribution in [-0.2, 0) is 21.4 Å². The maximum Gasteiger partial charge on any atom is 0.310 e. The van der Waals surface area contributed by atoms with E-state index in [1.807, 2.05) is 45.0 Å². The number of ether oxygens (including phenoxy) is 2. The van der Waals surface area contributed by atoms with Gasteiger partial charge in [-0.05, 0) is 39.8 Å². The summed E-state index contributed by atoms with van der Waals surface area (Å²) in [5.41, 5.74) is 3.32. The molecule has 2 aromatic rings. The Morgan fingerprint density at radius 2 is 1.85 bits per heavy atom. The molecule has 26 heavy (non-hydrogen) atoms. The summed E-state index contributed by atoms with van der Waals surface area (Å²) in [6, 6.07) is 7.55. The quantitative estimate of drug-likeness (QED) is 0.769. The number of anilines is 1. The van der Waals surface area contributed by atoms with Crippen LogP contribution >= 0.6 is 0 Å². The largest absolute Gasteiger partial charge is 0.493 e. The molecule has 0 fully saturated rings. The molecule has 0 radical (unpaired) electrons. The number of aromatic nitrogens is 2. The minimum atomic E-state index is -0.902. The van der Waals surface area contributed by atoms with Crippen molar-refractivity contribution >= 4 is 17.6 Å². The zero-order valence-corrected chi connectivity index (χ0v) is 15.8. The fourth-order valence-electron chi connectivity index (χ4n) is 2.38. The molecule has 1 amide bonds. The van der Waals surface area contributed by atoms with E-state index in [9.17, 15) is 9.59 Å². The number of nitrogens with one attached hydrogen (secondary N) is 1. The number of carbonyl (C=O) groups is 2.